The minimum Gasteiger partial charge on any atom is -0.478 e. The molecule has 0 atom stereocenters. The van der Waals surface area contributed by atoms with E-state index in [2.05, 4.69) is 5.32 Å². The van der Waals surface area contributed by atoms with Crippen molar-refractivity contribution in [2.24, 2.45) is 0 Å². The van der Waals surface area contributed by atoms with Crippen LogP contribution < -0.4 is 5.32 Å². The van der Waals surface area contributed by atoms with Crippen LogP contribution in [0.3, 0.4) is 0 Å². The van der Waals surface area contributed by atoms with Crippen molar-refractivity contribution >= 4 is 64.3 Å². The highest BCUT2D eigenvalue weighted by Gasteiger charge is 2.31. The minimum absolute atomic E-state index is 0.0301. The van der Waals surface area contributed by atoms with E-state index in [-0.39, 0.29) is 21.2 Å². The summed E-state index contributed by atoms with van der Waals surface area (Å²) in [5.74, 6) is -1.99. The fraction of sp³-hybridized carbons (Fsp3) is 0. The lowest BCUT2D eigenvalue weighted by Gasteiger charge is -2.19. The van der Waals surface area contributed by atoms with E-state index in [1.54, 1.807) is 24.3 Å². The second kappa shape index (κ2) is 11.0. The fourth-order valence-corrected chi connectivity index (χ4v) is 6.14. The van der Waals surface area contributed by atoms with E-state index in [4.69, 9.17) is 23.2 Å². The SMILES string of the molecule is O=C(O)c1c(Cl)c(Sc2ccccc2)c(Sc2ccccc2)c(Cl)c1C(=O)Nc1ccccc1. The molecule has 0 aromatic heterocycles. The van der Waals surface area contributed by atoms with Gasteiger partial charge < -0.3 is 10.4 Å². The first kappa shape index (κ1) is 24.2. The number of benzene rings is 4. The lowest BCUT2D eigenvalue weighted by atomic mass is 10.1. The number of para-hydroxylation sites is 1. The Kier molecular flexibility index (Phi) is 7.85. The minimum atomic E-state index is -1.34. The van der Waals surface area contributed by atoms with Crippen LogP contribution in [-0.4, -0.2) is 17.0 Å². The van der Waals surface area contributed by atoms with E-state index in [1.165, 1.54) is 23.5 Å². The number of carboxylic acid groups (broad SMARTS) is 1. The van der Waals surface area contributed by atoms with Gasteiger partial charge in [0, 0.05) is 25.3 Å². The van der Waals surface area contributed by atoms with Crippen LogP contribution in [0.2, 0.25) is 10.0 Å². The molecule has 0 saturated carbocycles. The monoisotopic (exact) mass is 525 g/mol. The van der Waals surface area contributed by atoms with Crippen LogP contribution in [0.5, 0.6) is 0 Å². The Balaban J connectivity index is 1.90. The van der Waals surface area contributed by atoms with E-state index >= 15 is 0 Å². The fourth-order valence-electron chi connectivity index (χ4n) is 3.17. The highest BCUT2D eigenvalue weighted by Crippen LogP contribution is 2.49. The molecule has 0 unspecified atom stereocenters. The van der Waals surface area contributed by atoms with Crippen LogP contribution >= 0.6 is 46.7 Å². The van der Waals surface area contributed by atoms with Gasteiger partial charge in [-0.15, -0.1) is 0 Å². The number of carbonyl (C=O) groups is 2. The van der Waals surface area contributed by atoms with Crippen LogP contribution in [0.25, 0.3) is 0 Å². The predicted molar refractivity (Wildman–Crippen MR) is 139 cm³/mol. The number of amides is 1. The molecule has 4 rings (SSSR count). The number of halogens is 2. The maximum Gasteiger partial charge on any atom is 0.338 e. The Labute approximate surface area is 215 Å². The van der Waals surface area contributed by atoms with E-state index < -0.39 is 11.9 Å². The number of hydrogen-bond acceptors (Lipinski definition) is 4. The van der Waals surface area contributed by atoms with E-state index in [1.807, 2.05) is 66.7 Å². The molecule has 4 nitrogen and oxygen atoms in total. The summed E-state index contributed by atoms with van der Waals surface area (Å²) in [4.78, 5) is 28.2. The zero-order valence-electron chi connectivity index (χ0n) is 17.5. The summed E-state index contributed by atoms with van der Waals surface area (Å²) in [5, 5.41) is 12.7. The highest BCUT2D eigenvalue weighted by atomic mass is 35.5. The third kappa shape index (κ3) is 5.42. The van der Waals surface area contributed by atoms with Crippen LogP contribution in [0.15, 0.2) is 111 Å². The van der Waals surface area contributed by atoms with Gasteiger partial charge in [0.2, 0.25) is 0 Å². The molecule has 0 aliphatic carbocycles. The predicted octanol–water partition coefficient (Wildman–Crippen LogP) is 8.25. The quantitative estimate of drug-likeness (QED) is 0.254. The molecular formula is C26H17Cl2NO3S2. The molecule has 0 bridgehead atoms. The van der Waals surface area contributed by atoms with Crippen molar-refractivity contribution in [1.29, 1.82) is 0 Å². The van der Waals surface area contributed by atoms with E-state index in [9.17, 15) is 14.7 Å². The third-order valence-corrected chi connectivity index (χ3v) is 8.04. The summed E-state index contributed by atoms with van der Waals surface area (Å²) < 4.78 is 0. The summed E-state index contributed by atoms with van der Waals surface area (Å²) in [6.45, 7) is 0. The van der Waals surface area contributed by atoms with Gasteiger partial charge in [0.1, 0.15) is 0 Å². The highest BCUT2D eigenvalue weighted by molar-refractivity contribution is 8.02. The van der Waals surface area contributed by atoms with Gasteiger partial charge in [-0.05, 0) is 36.4 Å². The first-order valence-corrected chi connectivity index (χ1v) is 12.4. The molecule has 0 saturated heterocycles. The first-order valence-electron chi connectivity index (χ1n) is 10.1. The van der Waals surface area contributed by atoms with Gasteiger partial charge >= 0.3 is 5.97 Å². The summed E-state index contributed by atoms with van der Waals surface area (Å²) in [6.07, 6.45) is 0. The van der Waals surface area contributed by atoms with Gasteiger partial charge in [-0.1, -0.05) is 101 Å². The van der Waals surface area contributed by atoms with Crippen LogP contribution in [-0.2, 0) is 0 Å². The Morgan fingerprint density at radius 1 is 0.647 bits per heavy atom. The molecule has 0 aliphatic rings. The number of carbonyl (C=O) groups excluding carboxylic acids is 1. The number of anilines is 1. The van der Waals surface area contributed by atoms with Crippen molar-refractivity contribution in [1.82, 2.24) is 0 Å². The molecule has 34 heavy (non-hydrogen) atoms. The maximum absolute atomic E-state index is 13.3. The normalized spacial score (nSPS) is 10.6. The molecule has 0 fully saturated rings. The molecule has 170 valence electrons. The number of nitrogens with one attached hydrogen (secondary N) is 1. The van der Waals surface area contributed by atoms with Crippen molar-refractivity contribution in [3.05, 3.63) is 112 Å². The van der Waals surface area contributed by atoms with Crippen molar-refractivity contribution in [3.8, 4) is 0 Å². The molecule has 4 aromatic carbocycles. The zero-order valence-corrected chi connectivity index (χ0v) is 20.6. The maximum atomic E-state index is 13.3. The van der Waals surface area contributed by atoms with Crippen LogP contribution in [0.1, 0.15) is 20.7 Å². The molecule has 2 N–H and O–H groups in total. The Morgan fingerprint density at radius 3 is 1.50 bits per heavy atom. The molecular weight excluding hydrogens is 509 g/mol. The van der Waals surface area contributed by atoms with Crippen LogP contribution in [0, 0.1) is 0 Å². The van der Waals surface area contributed by atoms with Crippen molar-refractivity contribution < 1.29 is 14.7 Å². The second-order valence-electron chi connectivity index (χ2n) is 6.99. The van der Waals surface area contributed by atoms with Gasteiger partial charge in [0.05, 0.1) is 21.2 Å². The number of hydrogen-bond donors (Lipinski definition) is 2. The summed E-state index contributed by atoms with van der Waals surface area (Å²) >= 11 is 16.1. The topological polar surface area (TPSA) is 66.4 Å². The molecule has 8 heteroatoms. The van der Waals surface area contributed by atoms with Gasteiger partial charge in [-0.2, -0.15) is 0 Å². The zero-order chi connectivity index (χ0) is 24.1. The van der Waals surface area contributed by atoms with Gasteiger partial charge in [0.15, 0.2) is 0 Å². The van der Waals surface area contributed by atoms with Gasteiger partial charge in [-0.25, -0.2) is 4.79 Å². The molecule has 0 radical (unpaired) electrons. The van der Waals surface area contributed by atoms with Gasteiger partial charge in [-0.3, -0.25) is 4.79 Å². The second-order valence-corrected chi connectivity index (χ2v) is 9.92. The molecule has 4 aromatic rings. The van der Waals surface area contributed by atoms with Crippen molar-refractivity contribution in [3.63, 3.8) is 0 Å². The molecule has 0 spiro atoms. The van der Waals surface area contributed by atoms with Crippen molar-refractivity contribution in [2.45, 2.75) is 19.6 Å². The molecule has 0 aliphatic heterocycles. The van der Waals surface area contributed by atoms with Gasteiger partial charge in [0.25, 0.3) is 5.91 Å². The Morgan fingerprint density at radius 2 is 1.06 bits per heavy atom. The Bertz CT molecular complexity index is 1340. The standard InChI is InChI=1S/C26H17Cl2NO3S2/c27-21-19(25(30)29-16-10-4-1-5-11-16)20(26(31)32)22(28)24(34-18-14-8-3-9-15-18)23(21)33-17-12-6-2-7-13-17/h1-15H,(H,29,30)(H,31,32). The largest absolute Gasteiger partial charge is 0.478 e. The average molecular weight is 526 g/mol. The number of rotatable bonds is 7. The molecule has 1 amide bonds. The smallest absolute Gasteiger partial charge is 0.338 e. The first-order chi connectivity index (χ1) is 16.5. The number of aromatic carboxylic acids is 1. The third-order valence-electron chi connectivity index (χ3n) is 4.69. The van der Waals surface area contributed by atoms with E-state index in [0.29, 0.717) is 15.5 Å². The average Bonchev–Trinajstić information content (AvgIpc) is 2.84. The summed E-state index contributed by atoms with van der Waals surface area (Å²) in [7, 11) is 0. The Hall–Kier alpha value is -2.90. The lowest BCUT2D eigenvalue weighted by molar-refractivity contribution is 0.0692. The van der Waals surface area contributed by atoms with Crippen LogP contribution in [0.4, 0.5) is 5.69 Å². The summed E-state index contributed by atoms with van der Waals surface area (Å²) in [5.41, 5.74) is -0.00849. The summed E-state index contributed by atoms with van der Waals surface area (Å²) in [6, 6.07) is 27.6. The lowest BCUT2D eigenvalue weighted by Crippen LogP contribution is -2.18. The van der Waals surface area contributed by atoms with E-state index in [0.717, 1.165) is 9.79 Å². The number of carboxylic acids is 1. The molecule has 0 heterocycles. The van der Waals surface area contributed by atoms with Crippen molar-refractivity contribution in [2.75, 3.05) is 5.32 Å².